The highest BCUT2D eigenvalue weighted by molar-refractivity contribution is 14.0. The molecule has 0 radical (unpaired) electrons. The van der Waals surface area contributed by atoms with Gasteiger partial charge in [-0.15, -0.1) is 24.0 Å². The molecular weight excluding hydrogens is 546 g/mol. The lowest BCUT2D eigenvalue weighted by molar-refractivity contribution is 0.599. The van der Waals surface area contributed by atoms with Gasteiger partial charge in [-0.25, -0.2) is 27.5 Å². The Hall–Kier alpha value is -2.54. The summed E-state index contributed by atoms with van der Waals surface area (Å²) < 4.78 is 38.8. The highest BCUT2D eigenvalue weighted by Gasteiger charge is 2.11. The lowest BCUT2D eigenvalue weighted by atomic mass is 10.1. The molecule has 1 aromatic carbocycles. The zero-order valence-electron chi connectivity index (χ0n) is 17.8. The number of pyridine rings is 1. The fourth-order valence-electron chi connectivity index (χ4n) is 2.96. The summed E-state index contributed by atoms with van der Waals surface area (Å²) in [5.74, 6) is 0.667. The van der Waals surface area contributed by atoms with Crippen molar-refractivity contribution in [2.45, 2.75) is 25.8 Å². The number of nitrogens with zero attached hydrogens (tertiary/aromatic N) is 4. The standard InChI is InChI=1S/C21H25FN6O2S.HI/c1-3-23-21(25-13-16-7-9-24-20(11-16)28-10-4-8-27-28)26-14-18-12-19(22)6-5-17(18)15-31(2,29)30;/h4-12H,3,13-15H2,1-2H3,(H2,23,25,26);1H. The summed E-state index contributed by atoms with van der Waals surface area (Å²) in [7, 11) is -3.24. The first-order chi connectivity index (χ1) is 14.8. The molecule has 3 aromatic rings. The van der Waals surface area contributed by atoms with E-state index in [0.29, 0.717) is 36.0 Å². The van der Waals surface area contributed by atoms with E-state index in [-0.39, 0.29) is 36.3 Å². The summed E-state index contributed by atoms with van der Waals surface area (Å²) in [6.07, 6.45) is 6.36. The largest absolute Gasteiger partial charge is 0.357 e. The number of nitrogens with one attached hydrogen (secondary N) is 2. The molecule has 172 valence electrons. The molecule has 0 aliphatic heterocycles. The summed E-state index contributed by atoms with van der Waals surface area (Å²) in [6.45, 7) is 3.21. The molecule has 2 aromatic heterocycles. The predicted octanol–water partition coefficient (Wildman–Crippen LogP) is 2.82. The van der Waals surface area contributed by atoms with Gasteiger partial charge in [-0.3, -0.25) is 0 Å². The molecule has 11 heteroatoms. The molecule has 2 heterocycles. The van der Waals surface area contributed by atoms with Crippen LogP contribution in [0.1, 0.15) is 23.6 Å². The molecule has 8 nitrogen and oxygen atoms in total. The lowest BCUT2D eigenvalue weighted by Crippen LogP contribution is -2.37. The fourth-order valence-corrected chi connectivity index (χ4v) is 3.81. The Morgan fingerprint density at radius 3 is 2.66 bits per heavy atom. The number of hydrogen-bond donors (Lipinski definition) is 2. The van der Waals surface area contributed by atoms with E-state index in [1.807, 2.05) is 31.3 Å². The van der Waals surface area contributed by atoms with E-state index in [1.165, 1.54) is 18.2 Å². The van der Waals surface area contributed by atoms with E-state index in [4.69, 9.17) is 0 Å². The van der Waals surface area contributed by atoms with Crippen LogP contribution in [0, 0.1) is 5.82 Å². The van der Waals surface area contributed by atoms with Gasteiger partial charge in [0.05, 0.1) is 12.3 Å². The van der Waals surface area contributed by atoms with Crippen molar-refractivity contribution in [3.8, 4) is 5.82 Å². The van der Waals surface area contributed by atoms with Gasteiger partial charge in [0, 0.05) is 37.9 Å². The number of hydrogen-bond acceptors (Lipinski definition) is 5. The number of benzene rings is 1. The third-order valence-electron chi connectivity index (χ3n) is 4.35. The average Bonchev–Trinajstić information content (AvgIpc) is 3.26. The first-order valence-electron chi connectivity index (χ1n) is 9.76. The minimum Gasteiger partial charge on any atom is -0.357 e. The van der Waals surface area contributed by atoms with Crippen LogP contribution < -0.4 is 10.6 Å². The molecule has 0 saturated heterocycles. The van der Waals surface area contributed by atoms with Crippen molar-refractivity contribution >= 4 is 39.8 Å². The van der Waals surface area contributed by atoms with E-state index in [9.17, 15) is 12.8 Å². The minimum absolute atomic E-state index is 0. The molecule has 0 unspecified atom stereocenters. The van der Waals surface area contributed by atoms with Gasteiger partial charge in [0.1, 0.15) is 5.82 Å². The van der Waals surface area contributed by atoms with Crippen molar-refractivity contribution in [2.75, 3.05) is 12.8 Å². The average molecular weight is 572 g/mol. The molecule has 0 amide bonds. The van der Waals surface area contributed by atoms with Gasteiger partial charge in [0.2, 0.25) is 0 Å². The molecule has 2 N–H and O–H groups in total. The first kappa shape index (κ1) is 25.7. The molecule has 0 bridgehead atoms. The SMILES string of the molecule is CCNC(=NCc1ccnc(-n2cccn2)c1)NCc1cc(F)ccc1CS(C)(=O)=O.I. The van der Waals surface area contributed by atoms with Crippen molar-refractivity contribution in [1.82, 2.24) is 25.4 Å². The Kier molecular flexibility index (Phi) is 9.57. The number of aromatic nitrogens is 3. The second-order valence-electron chi connectivity index (χ2n) is 7.00. The van der Waals surface area contributed by atoms with Crippen LogP contribution >= 0.6 is 24.0 Å². The van der Waals surface area contributed by atoms with Crippen LogP contribution in [-0.2, 0) is 28.7 Å². The maximum Gasteiger partial charge on any atom is 0.191 e. The second-order valence-corrected chi connectivity index (χ2v) is 9.14. The molecular formula is C21H26FIN6O2S. The first-order valence-corrected chi connectivity index (χ1v) is 11.8. The topological polar surface area (TPSA) is 101 Å². The van der Waals surface area contributed by atoms with Crippen LogP contribution in [-0.4, -0.2) is 41.9 Å². The van der Waals surface area contributed by atoms with E-state index in [1.54, 1.807) is 17.1 Å². The predicted molar refractivity (Wildman–Crippen MR) is 133 cm³/mol. The monoisotopic (exact) mass is 572 g/mol. The second kappa shape index (κ2) is 11.9. The summed E-state index contributed by atoms with van der Waals surface area (Å²) >= 11 is 0. The molecule has 0 fully saturated rings. The number of rotatable bonds is 8. The summed E-state index contributed by atoms with van der Waals surface area (Å²) in [5, 5.41) is 10.5. The molecule has 0 aliphatic rings. The van der Waals surface area contributed by atoms with Gasteiger partial charge in [-0.05, 0) is 53.9 Å². The van der Waals surface area contributed by atoms with Crippen LogP contribution in [0.3, 0.4) is 0 Å². The smallest absolute Gasteiger partial charge is 0.191 e. The number of aliphatic imine (C=N–C) groups is 1. The summed E-state index contributed by atoms with van der Waals surface area (Å²) in [6, 6.07) is 9.71. The van der Waals surface area contributed by atoms with Crippen molar-refractivity contribution in [3.63, 3.8) is 0 Å². The molecule has 0 saturated carbocycles. The van der Waals surface area contributed by atoms with Crippen LogP contribution in [0.5, 0.6) is 0 Å². The van der Waals surface area contributed by atoms with Crippen LogP contribution in [0.15, 0.2) is 60.0 Å². The van der Waals surface area contributed by atoms with Gasteiger partial charge in [0.25, 0.3) is 0 Å². The fraction of sp³-hybridized carbons (Fsp3) is 0.286. The Bertz CT molecular complexity index is 1150. The maximum absolute atomic E-state index is 13.7. The van der Waals surface area contributed by atoms with E-state index in [0.717, 1.165) is 11.8 Å². The molecule has 32 heavy (non-hydrogen) atoms. The summed E-state index contributed by atoms with van der Waals surface area (Å²) in [5.41, 5.74) is 2.08. The van der Waals surface area contributed by atoms with Crippen LogP contribution in [0.4, 0.5) is 4.39 Å². The van der Waals surface area contributed by atoms with Gasteiger partial charge in [-0.2, -0.15) is 5.10 Å². The summed E-state index contributed by atoms with van der Waals surface area (Å²) in [4.78, 5) is 8.88. The van der Waals surface area contributed by atoms with Crippen molar-refractivity contribution in [1.29, 1.82) is 0 Å². The minimum atomic E-state index is -3.24. The Morgan fingerprint density at radius 2 is 1.97 bits per heavy atom. The normalized spacial score (nSPS) is 11.7. The Labute approximate surface area is 204 Å². The van der Waals surface area contributed by atoms with Gasteiger partial charge in [0.15, 0.2) is 21.6 Å². The number of sulfone groups is 1. The highest BCUT2D eigenvalue weighted by Crippen LogP contribution is 2.14. The van der Waals surface area contributed by atoms with Crippen LogP contribution in [0.2, 0.25) is 0 Å². The van der Waals surface area contributed by atoms with Gasteiger partial charge >= 0.3 is 0 Å². The molecule has 0 atom stereocenters. The van der Waals surface area contributed by atoms with Gasteiger partial charge < -0.3 is 10.6 Å². The third kappa shape index (κ3) is 7.86. The van der Waals surface area contributed by atoms with Crippen LogP contribution in [0.25, 0.3) is 5.82 Å². The maximum atomic E-state index is 13.7. The van der Waals surface area contributed by atoms with Gasteiger partial charge in [-0.1, -0.05) is 6.07 Å². The van der Waals surface area contributed by atoms with E-state index < -0.39 is 15.7 Å². The van der Waals surface area contributed by atoms with Crippen molar-refractivity contribution < 1.29 is 12.8 Å². The zero-order chi connectivity index (χ0) is 22.3. The number of guanidine groups is 1. The zero-order valence-corrected chi connectivity index (χ0v) is 21.0. The van der Waals surface area contributed by atoms with Crippen molar-refractivity contribution in [2.24, 2.45) is 4.99 Å². The molecule has 3 rings (SSSR count). The lowest BCUT2D eigenvalue weighted by Gasteiger charge is -2.14. The Balaban J connectivity index is 0.00000363. The molecule has 0 spiro atoms. The Morgan fingerprint density at radius 1 is 1.16 bits per heavy atom. The van der Waals surface area contributed by atoms with E-state index in [2.05, 4.69) is 25.7 Å². The van der Waals surface area contributed by atoms with Crippen molar-refractivity contribution in [3.05, 3.63) is 77.5 Å². The quantitative estimate of drug-likeness (QED) is 0.245. The number of halogens is 2. The van der Waals surface area contributed by atoms with E-state index >= 15 is 0 Å². The molecule has 0 aliphatic carbocycles. The third-order valence-corrected chi connectivity index (χ3v) is 5.18. The highest BCUT2D eigenvalue weighted by atomic mass is 127.